The summed E-state index contributed by atoms with van der Waals surface area (Å²) in [4.78, 5) is 32.1. The Labute approximate surface area is 98.8 Å². The van der Waals surface area contributed by atoms with Crippen LogP contribution in [0.3, 0.4) is 0 Å². The van der Waals surface area contributed by atoms with Gasteiger partial charge in [0.1, 0.15) is 5.69 Å². The van der Waals surface area contributed by atoms with Crippen LogP contribution < -0.4 is 5.73 Å². The van der Waals surface area contributed by atoms with Crippen LogP contribution in [0, 0.1) is 6.07 Å². The minimum atomic E-state index is -0.744. The number of carbonyl (C=O) groups excluding carboxylic acids is 2. The van der Waals surface area contributed by atoms with Gasteiger partial charge in [-0.2, -0.15) is 0 Å². The van der Waals surface area contributed by atoms with E-state index in [-0.39, 0.29) is 17.4 Å². The number of likely N-dealkylation sites (tertiary alicyclic amines) is 1. The molecule has 1 radical (unpaired) electrons. The van der Waals surface area contributed by atoms with E-state index in [1.807, 2.05) is 0 Å². The second kappa shape index (κ2) is 4.90. The summed E-state index contributed by atoms with van der Waals surface area (Å²) >= 11 is 0. The fourth-order valence-electron chi connectivity index (χ4n) is 1.80. The lowest BCUT2D eigenvalue weighted by Crippen LogP contribution is -2.36. The predicted octanol–water partition coefficient (Wildman–Crippen LogP) is 0.00179. The molecule has 1 saturated heterocycles. The fraction of sp³-hybridized carbons (Fsp3) is 0.455. The Balaban J connectivity index is 2.18. The number of hydrogen-bond acceptors (Lipinski definition) is 4. The second-order valence-corrected chi connectivity index (χ2v) is 3.90. The maximum Gasteiger partial charge on any atom is 0.286 e. The maximum atomic E-state index is 12.0. The average molecular weight is 233 g/mol. The van der Waals surface area contributed by atoms with Crippen molar-refractivity contribution in [1.29, 1.82) is 0 Å². The van der Waals surface area contributed by atoms with E-state index >= 15 is 0 Å². The van der Waals surface area contributed by atoms with Gasteiger partial charge in [-0.15, -0.1) is 0 Å². The highest BCUT2D eigenvalue weighted by atomic mass is 16.2. The molecule has 1 aromatic rings. The van der Waals surface area contributed by atoms with E-state index in [0.29, 0.717) is 0 Å². The zero-order valence-corrected chi connectivity index (χ0v) is 9.35. The topological polar surface area (TPSA) is 89.2 Å². The molecule has 0 aromatic carbocycles. The third-order valence-electron chi connectivity index (χ3n) is 2.67. The van der Waals surface area contributed by atoms with Gasteiger partial charge in [0.25, 0.3) is 11.8 Å². The Morgan fingerprint density at radius 2 is 2.00 bits per heavy atom. The standard InChI is InChI=1S/C11H13N4O2/c12-9(16)10-13-5-4-8(14-10)11(17)15-6-2-1-3-7-15/h5H,1-3,6-7H2,(H2,12,16). The van der Waals surface area contributed by atoms with Crippen LogP contribution in [0.15, 0.2) is 6.20 Å². The van der Waals surface area contributed by atoms with E-state index in [0.717, 1.165) is 32.4 Å². The molecule has 0 atom stereocenters. The molecule has 0 bridgehead atoms. The minimum absolute atomic E-state index is 0.107. The Hall–Kier alpha value is -1.98. The first-order chi connectivity index (χ1) is 8.18. The van der Waals surface area contributed by atoms with Crippen molar-refractivity contribution in [1.82, 2.24) is 14.9 Å². The van der Waals surface area contributed by atoms with E-state index in [9.17, 15) is 9.59 Å². The highest BCUT2D eigenvalue weighted by molar-refractivity contribution is 5.94. The smallest absolute Gasteiger partial charge is 0.286 e. The zero-order valence-electron chi connectivity index (χ0n) is 9.35. The number of amides is 2. The molecule has 6 heteroatoms. The number of aromatic nitrogens is 2. The Bertz CT molecular complexity index is 441. The van der Waals surface area contributed by atoms with E-state index in [2.05, 4.69) is 16.0 Å². The van der Waals surface area contributed by atoms with Crippen molar-refractivity contribution >= 4 is 11.8 Å². The summed E-state index contributed by atoms with van der Waals surface area (Å²) in [6.07, 6.45) is 4.40. The van der Waals surface area contributed by atoms with Gasteiger partial charge < -0.3 is 10.6 Å². The first-order valence-corrected chi connectivity index (χ1v) is 5.52. The first-order valence-electron chi connectivity index (χ1n) is 5.52. The van der Waals surface area contributed by atoms with Crippen molar-refractivity contribution in [2.24, 2.45) is 5.73 Å². The summed E-state index contributed by atoms with van der Waals surface area (Å²) < 4.78 is 0. The molecule has 1 aliphatic heterocycles. The molecule has 89 valence electrons. The van der Waals surface area contributed by atoms with E-state index in [1.165, 1.54) is 6.20 Å². The molecular formula is C11H13N4O2. The van der Waals surface area contributed by atoms with Gasteiger partial charge in [0, 0.05) is 25.4 Å². The molecule has 1 aromatic heterocycles. The molecule has 2 N–H and O–H groups in total. The molecule has 0 unspecified atom stereocenters. The summed E-state index contributed by atoms with van der Waals surface area (Å²) in [5, 5.41) is 0. The number of piperidine rings is 1. The van der Waals surface area contributed by atoms with Gasteiger partial charge >= 0.3 is 0 Å². The van der Waals surface area contributed by atoms with Crippen molar-refractivity contribution in [3.8, 4) is 0 Å². The number of nitrogens with two attached hydrogens (primary N) is 1. The predicted molar refractivity (Wildman–Crippen MR) is 59.1 cm³/mol. The van der Waals surface area contributed by atoms with Crippen LogP contribution in [0.5, 0.6) is 0 Å². The van der Waals surface area contributed by atoms with Crippen LogP contribution in [-0.2, 0) is 0 Å². The van der Waals surface area contributed by atoms with Crippen LogP contribution in [0.4, 0.5) is 0 Å². The van der Waals surface area contributed by atoms with Gasteiger partial charge in [-0.3, -0.25) is 9.59 Å². The fourth-order valence-corrected chi connectivity index (χ4v) is 1.80. The first kappa shape index (κ1) is 11.5. The van der Waals surface area contributed by atoms with E-state index in [1.54, 1.807) is 4.90 Å². The molecule has 2 amide bonds. The zero-order chi connectivity index (χ0) is 12.3. The lowest BCUT2D eigenvalue weighted by molar-refractivity contribution is 0.0717. The number of hydrogen-bond donors (Lipinski definition) is 1. The molecule has 0 spiro atoms. The van der Waals surface area contributed by atoms with Gasteiger partial charge in [-0.05, 0) is 19.3 Å². The molecule has 0 aliphatic carbocycles. The van der Waals surface area contributed by atoms with Crippen molar-refractivity contribution in [3.05, 3.63) is 23.8 Å². The molecule has 2 heterocycles. The SMILES string of the molecule is NC(=O)c1nc[c]c(C(=O)N2CCCCC2)n1. The monoisotopic (exact) mass is 233 g/mol. The van der Waals surface area contributed by atoms with Crippen molar-refractivity contribution < 1.29 is 9.59 Å². The normalized spacial score (nSPS) is 15.6. The minimum Gasteiger partial charge on any atom is -0.363 e. The van der Waals surface area contributed by atoms with Gasteiger partial charge in [0.2, 0.25) is 5.82 Å². The van der Waals surface area contributed by atoms with Crippen LogP contribution in [-0.4, -0.2) is 39.8 Å². The summed E-state index contributed by atoms with van der Waals surface area (Å²) in [5.41, 5.74) is 5.17. The Morgan fingerprint density at radius 3 is 2.65 bits per heavy atom. The lowest BCUT2D eigenvalue weighted by Gasteiger charge is -2.26. The van der Waals surface area contributed by atoms with Crippen LogP contribution in [0.1, 0.15) is 40.4 Å². The third kappa shape index (κ3) is 2.58. The van der Waals surface area contributed by atoms with Crippen molar-refractivity contribution in [2.75, 3.05) is 13.1 Å². The van der Waals surface area contributed by atoms with Gasteiger partial charge in [-0.25, -0.2) is 9.97 Å². The Kier molecular flexibility index (Phi) is 3.32. The maximum absolute atomic E-state index is 12.0. The molecule has 2 rings (SSSR count). The molecule has 1 fully saturated rings. The van der Waals surface area contributed by atoms with Crippen molar-refractivity contribution in [2.45, 2.75) is 19.3 Å². The highest BCUT2D eigenvalue weighted by Gasteiger charge is 2.20. The summed E-state index contributed by atoms with van der Waals surface area (Å²) in [7, 11) is 0. The summed E-state index contributed by atoms with van der Waals surface area (Å²) in [6, 6.07) is 2.64. The third-order valence-corrected chi connectivity index (χ3v) is 2.67. The molecule has 1 aliphatic rings. The van der Waals surface area contributed by atoms with E-state index < -0.39 is 5.91 Å². The number of rotatable bonds is 2. The Morgan fingerprint density at radius 1 is 1.29 bits per heavy atom. The summed E-state index contributed by atoms with van der Waals surface area (Å²) in [5.74, 6) is -1.11. The quantitative estimate of drug-likeness (QED) is 0.778. The number of carbonyl (C=O) groups is 2. The summed E-state index contributed by atoms with van der Waals surface area (Å²) in [6.45, 7) is 1.45. The number of nitrogens with zero attached hydrogens (tertiary/aromatic N) is 3. The van der Waals surface area contributed by atoms with Crippen LogP contribution >= 0.6 is 0 Å². The number of primary amides is 1. The molecule has 6 nitrogen and oxygen atoms in total. The van der Waals surface area contributed by atoms with E-state index in [4.69, 9.17) is 5.73 Å². The van der Waals surface area contributed by atoms with Crippen LogP contribution in [0.25, 0.3) is 0 Å². The highest BCUT2D eigenvalue weighted by Crippen LogP contribution is 2.11. The molecular weight excluding hydrogens is 220 g/mol. The van der Waals surface area contributed by atoms with Crippen molar-refractivity contribution in [3.63, 3.8) is 0 Å². The lowest BCUT2D eigenvalue weighted by atomic mass is 10.1. The van der Waals surface area contributed by atoms with Gasteiger partial charge in [0.05, 0.1) is 0 Å². The van der Waals surface area contributed by atoms with Gasteiger partial charge in [0.15, 0.2) is 0 Å². The second-order valence-electron chi connectivity index (χ2n) is 3.90. The van der Waals surface area contributed by atoms with Gasteiger partial charge in [-0.1, -0.05) is 0 Å². The average Bonchev–Trinajstić information content (AvgIpc) is 2.39. The molecule has 0 saturated carbocycles. The largest absolute Gasteiger partial charge is 0.363 e. The molecule has 17 heavy (non-hydrogen) atoms. The van der Waals surface area contributed by atoms with Crippen LogP contribution in [0.2, 0.25) is 0 Å².